The molecule has 0 aromatic heterocycles. The van der Waals surface area contributed by atoms with E-state index >= 15 is 0 Å². The summed E-state index contributed by atoms with van der Waals surface area (Å²) >= 11 is 0. The van der Waals surface area contributed by atoms with Crippen LogP contribution in [0.2, 0.25) is 0 Å². The lowest BCUT2D eigenvalue weighted by atomic mass is 10.1. The van der Waals surface area contributed by atoms with Crippen LogP contribution >= 0.6 is 0 Å². The summed E-state index contributed by atoms with van der Waals surface area (Å²) in [4.78, 5) is 0. The van der Waals surface area contributed by atoms with Crippen LogP contribution in [-0.4, -0.2) is 17.0 Å². The molecule has 0 rings (SSSR count). The Labute approximate surface area is 94.3 Å². The van der Waals surface area contributed by atoms with Crippen molar-refractivity contribution in [2.45, 2.75) is 64.8 Å². The molecule has 0 aromatic rings. The van der Waals surface area contributed by atoms with Crippen LogP contribution in [-0.2, 0) is 0 Å². The molecular weight excluding hydrogens is 186 g/mol. The summed E-state index contributed by atoms with van der Waals surface area (Å²) in [5.74, 6) is 0. The summed E-state index contributed by atoms with van der Waals surface area (Å²) in [6, 6.07) is 0.0811. The fourth-order valence-electron chi connectivity index (χ4n) is 1.39. The molecule has 0 aliphatic rings. The Bertz CT molecular complexity index is 185. The van der Waals surface area contributed by atoms with Crippen molar-refractivity contribution in [3.63, 3.8) is 0 Å². The van der Waals surface area contributed by atoms with Gasteiger partial charge in [0.15, 0.2) is 12.3 Å². The molecule has 0 spiro atoms. The van der Waals surface area contributed by atoms with E-state index in [1.54, 1.807) is 6.21 Å². The summed E-state index contributed by atoms with van der Waals surface area (Å²) in [5.41, 5.74) is 0. The second kappa shape index (κ2) is 9.75. The lowest BCUT2D eigenvalue weighted by molar-refractivity contribution is -0.488. The molecule has 0 aliphatic carbocycles. The molecule has 2 nitrogen and oxygen atoms in total. The number of hydrogen-bond acceptors (Lipinski definition) is 1. The van der Waals surface area contributed by atoms with Crippen LogP contribution in [0.5, 0.6) is 0 Å². The number of allylic oxidation sites excluding steroid dienone is 1. The van der Waals surface area contributed by atoms with Crippen LogP contribution in [0, 0.1) is 5.21 Å². The normalized spacial score (nSPS) is 12.1. The third kappa shape index (κ3) is 9.51. The van der Waals surface area contributed by atoms with Gasteiger partial charge in [0.2, 0.25) is 0 Å². The van der Waals surface area contributed by atoms with E-state index in [1.165, 1.54) is 25.7 Å². The predicted molar refractivity (Wildman–Crippen MR) is 67.3 cm³/mol. The average molecular weight is 211 g/mol. The first-order valence-corrected chi connectivity index (χ1v) is 6.08. The van der Waals surface area contributed by atoms with Crippen LogP contribution in [0.25, 0.3) is 0 Å². The minimum absolute atomic E-state index is 0.0811. The zero-order chi connectivity index (χ0) is 11.5. The van der Waals surface area contributed by atoms with Gasteiger partial charge in [0.05, 0.1) is 0 Å². The molecule has 0 atom stereocenters. The third-order valence-corrected chi connectivity index (χ3v) is 2.43. The maximum absolute atomic E-state index is 11.2. The minimum atomic E-state index is 0.0811. The first-order valence-electron chi connectivity index (χ1n) is 6.08. The van der Waals surface area contributed by atoms with Gasteiger partial charge in [-0.25, -0.2) is 4.74 Å². The van der Waals surface area contributed by atoms with Crippen molar-refractivity contribution in [2.75, 3.05) is 0 Å². The van der Waals surface area contributed by atoms with E-state index in [2.05, 4.69) is 6.58 Å². The van der Waals surface area contributed by atoms with E-state index in [0.29, 0.717) is 0 Å². The van der Waals surface area contributed by atoms with Crippen molar-refractivity contribution in [3.8, 4) is 0 Å². The summed E-state index contributed by atoms with van der Waals surface area (Å²) in [7, 11) is 0. The van der Waals surface area contributed by atoms with Gasteiger partial charge in [-0.1, -0.05) is 25.3 Å². The molecule has 0 aromatic carbocycles. The monoisotopic (exact) mass is 211 g/mol. The van der Waals surface area contributed by atoms with Crippen LogP contribution in [0.1, 0.15) is 58.8 Å². The van der Waals surface area contributed by atoms with E-state index in [0.717, 1.165) is 24.0 Å². The first kappa shape index (κ1) is 14.2. The van der Waals surface area contributed by atoms with Gasteiger partial charge in [-0.15, -0.1) is 6.58 Å². The Morgan fingerprint density at radius 3 is 2.13 bits per heavy atom. The van der Waals surface area contributed by atoms with Crippen molar-refractivity contribution in [2.24, 2.45) is 0 Å². The smallest absolute Gasteiger partial charge is 0.157 e. The first-order chi connectivity index (χ1) is 7.18. The average Bonchev–Trinajstić information content (AvgIpc) is 2.21. The Morgan fingerprint density at radius 1 is 1.07 bits per heavy atom. The number of hydroxylamine groups is 1. The van der Waals surface area contributed by atoms with Crippen LogP contribution in [0.4, 0.5) is 0 Å². The molecule has 0 saturated heterocycles. The van der Waals surface area contributed by atoms with E-state index < -0.39 is 0 Å². The lowest BCUT2D eigenvalue weighted by Crippen LogP contribution is -2.14. The topological polar surface area (TPSA) is 26.1 Å². The summed E-state index contributed by atoms with van der Waals surface area (Å²) < 4.78 is 1.05. The van der Waals surface area contributed by atoms with Crippen LogP contribution < -0.4 is 0 Å². The molecule has 0 heterocycles. The fraction of sp³-hybridized carbons (Fsp3) is 0.769. The Kier molecular flexibility index (Phi) is 9.24. The van der Waals surface area contributed by atoms with Gasteiger partial charge >= 0.3 is 0 Å². The number of nitrogens with zero attached hydrogens (tertiary/aromatic N) is 1. The molecule has 15 heavy (non-hydrogen) atoms. The SMILES string of the molecule is C=CCCCCCCC/C=[N+](/[O-])C(C)C. The Balaban J connectivity index is 3.24. The number of unbranched alkanes of at least 4 members (excludes halogenated alkanes) is 6. The largest absolute Gasteiger partial charge is 0.624 e. The molecule has 0 N–H and O–H groups in total. The van der Waals surface area contributed by atoms with Crippen molar-refractivity contribution < 1.29 is 4.74 Å². The third-order valence-electron chi connectivity index (χ3n) is 2.43. The lowest BCUT2D eigenvalue weighted by Gasteiger charge is -2.06. The van der Waals surface area contributed by atoms with Gasteiger partial charge in [0.25, 0.3) is 0 Å². The second-order valence-electron chi connectivity index (χ2n) is 4.27. The van der Waals surface area contributed by atoms with Gasteiger partial charge in [0, 0.05) is 6.42 Å². The Morgan fingerprint density at radius 2 is 1.60 bits per heavy atom. The molecule has 0 saturated carbocycles. The van der Waals surface area contributed by atoms with E-state index in [-0.39, 0.29) is 6.04 Å². The molecule has 0 unspecified atom stereocenters. The molecule has 0 radical (unpaired) electrons. The molecule has 2 heteroatoms. The molecular formula is C13H25NO. The van der Waals surface area contributed by atoms with Crippen LogP contribution in [0.15, 0.2) is 12.7 Å². The number of hydrogen-bond donors (Lipinski definition) is 0. The quantitative estimate of drug-likeness (QED) is 0.142. The standard InChI is InChI=1S/C13H25NO/c1-4-5-6-7-8-9-10-11-12-14(15)13(2)3/h4,12-13H,1,5-11H2,2-3H3/b14-12+. The molecule has 0 aliphatic heterocycles. The van der Waals surface area contributed by atoms with Crippen molar-refractivity contribution in [1.82, 2.24) is 0 Å². The van der Waals surface area contributed by atoms with Crippen molar-refractivity contribution >= 4 is 6.21 Å². The molecule has 0 amide bonds. The van der Waals surface area contributed by atoms with Crippen LogP contribution in [0.3, 0.4) is 0 Å². The highest BCUT2D eigenvalue weighted by molar-refractivity contribution is 5.51. The van der Waals surface area contributed by atoms with E-state index in [1.807, 2.05) is 19.9 Å². The van der Waals surface area contributed by atoms with Gasteiger partial charge in [-0.3, -0.25) is 0 Å². The highest BCUT2D eigenvalue weighted by atomic mass is 16.5. The summed E-state index contributed by atoms with van der Waals surface area (Å²) in [5, 5.41) is 11.2. The van der Waals surface area contributed by atoms with Crippen molar-refractivity contribution in [1.29, 1.82) is 0 Å². The van der Waals surface area contributed by atoms with Gasteiger partial charge in [-0.2, -0.15) is 0 Å². The maximum atomic E-state index is 11.2. The molecule has 0 bridgehead atoms. The molecule has 88 valence electrons. The molecule has 0 fully saturated rings. The highest BCUT2D eigenvalue weighted by Crippen LogP contribution is 2.06. The zero-order valence-electron chi connectivity index (χ0n) is 10.2. The summed E-state index contributed by atoms with van der Waals surface area (Å²) in [6.07, 6.45) is 12.0. The Hall–Kier alpha value is -0.790. The maximum Gasteiger partial charge on any atom is 0.157 e. The summed E-state index contributed by atoms with van der Waals surface area (Å²) in [6.45, 7) is 7.53. The van der Waals surface area contributed by atoms with Crippen molar-refractivity contribution in [3.05, 3.63) is 17.9 Å². The second-order valence-corrected chi connectivity index (χ2v) is 4.27. The predicted octanol–water partition coefficient (Wildman–Crippen LogP) is 3.89. The van der Waals surface area contributed by atoms with Gasteiger partial charge in [-0.05, 0) is 33.1 Å². The van der Waals surface area contributed by atoms with E-state index in [4.69, 9.17) is 0 Å². The fourth-order valence-corrected chi connectivity index (χ4v) is 1.39. The van der Waals surface area contributed by atoms with Gasteiger partial charge < -0.3 is 5.21 Å². The minimum Gasteiger partial charge on any atom is -0.624 e. The highest BCUT2D eigenvalue weighted by Gasteiger charge is 1.98. The van der Waals surface area contributed by atoms with Gasteiger partial charge in [0.1, 0.15) is 0 Å². The number of rotatable bonds is 9. The van der Waals surface area contributed by atoms with E-state index in [9.17, 15) is 5.21 Å². The zero-order valence-corrected chi connectivity index (χ0v) is 10.2.